The zero-order valence-electron chi connectivity index (χ0n) is 11.3. The lowest BCUT2D eigenvalue weighted by Gasteiger charge is -2.25. The lowest BCUT2D eigenvalue weighted by atomic mass is 9.94. The second-order valence-electron chi connectivity index (χ2n) is 5.37. The number of hydrogen-bond acceptors (Lipinski definition) is 1. The average Bonchev–Trinajstić information content (AvgIpc) is 2.89. The van der Waals surface area contributed by atoms with Gasteiger partial charge in [0.15, 0.2) is 0 Å². The summed E-state index contributed by atoms with van der Waals surface area (Å²) in [5.74, 6) is 0. The maximum Gasteiger partial charge on any atom is 0.0732 e. The van der Waals surface area contributed by atoms with E-state index < -0.39 is 0 Å². The van der Waals surface area contributed by atoms with E-state index in [0.29, 0.717) is 10.0 Å². The van der Waals surface area contributed by atoms with Gasteiger partial charge in [-0.05, 0) is 35.7 Å². The van der Waals surface area contributed by atoms with Gasteiger partial charge in [0.1, 0.15) is 0 Å². The number of H-pyrrole nitrogens is 1. The summed E-state index contributed by atoms with van der Waals surface area (Å²) in [5.41, 5.74) is 4.97. The third-order valence-corrected chi connectivity index (χ3v) is 4.87. The van der Waals surface area contributed by atoms with Gasteiger partial charge in [0.2, 0.25) is 0 Å². The molecule has 1 atom stereocenters. The summed E-state index contributed by atoms with van der Waals surface area (Å²) in [5, 5.41) is 6.07. The molecule has 4 heteroatoms. The van der Waals surface area contributed by atoms with E-state index in [1.807, 2.05) is 18.2 Å². The first-order chi connectivity index (χ1) is 10.2. The van der Waals surface area contributed by atoms with Crippen LogP contribution in [0.3, 0.4) is 0 Å². The van der Waals surface area contributed by atoms with Crippen LogP contribution in [0.4, 0.5) is 0 Å². The van der Waals surface area contributed by atoms with Crippen molar-refractivity contribution >= 4 is 34.1 Å². The van der Waals surface area contributed by atoms with Crippen LogP contribution in [0.25, 0.3) is 10.9 Å². The number of hydrogen-bond donors (Lipinski definition) is 2. The number of halogens is 2. The van der Waals surface area contributed by atoms with E-state index >= 15 is 0 Å². The Labute approximate surface area is 133 Å². The quantitative estimate of drug-likeness (QED) is 0.668. The topological polar surface area (TPSA) is 27.8 Å². The van der Waals surface area contributed by atoms with Crippen molar-refractivity contribution in [1.29, 1.82) is 0 Å². The van der Waals surface area contributed by atoms with Crippen LogP contribution in [0.15, 0.2) is 42.5 Å². The van der Waals surface area contributed by atoms with Gasteiger partial charge in [-0.15, -0.1) is 0 Å². The van der Waals surface area contributed by atoms with Crippen LogP contribution < -0.4 is 5.32 Å². The number of aromatic amines is 1. The molecule has 0 fully saturated rings. The van der Waals surface area contributed by atoms with Crippen LogP contribution in [0.1, 0.15) is 22.9 Å². The van der Waals surface area contributed by atoms with E-state index in [2.05, 4.69) is 34.6 Å². The second-order valence-corrected chi connectivity index (χ2v) is 6.19. The molecule has 2 nitrogen and oxygen atoms in total. The molecule has 0 saturated heterocycles. The first kappa shape index (κ1) is 13.2. The number of fused-ring (bicyclic) bond motifs is 3. The van der Waals surface area contributed by atoms with E-state index in [0.717, 1.165) is 18.5 Å². The summed E-state index contributed by atoms with van der Waals surface area (Å²) in [6.45, 7) is 0.958. The Morgan fingerprint density at radius 3 is 2.71 bits per heavy atom. The highest BCUT2D eigenvalue weighted by molar-refractivity contribution is 6.42. The van der Waals surface area contributed by atoms with Gasteiger partial charge in [0, 0.05) is 23.1 Å². The van der Waals surface area contributed by atoms with Gasteiger partial charge in [-0.2, -0.15) is 0 Å². The molecule has 0 radical (unpaired) electrons. The standard InChI is InChI=1S/C17H14Cl2N2/c18-13-6-5-10(9-14(13)19)16-17-12(7-8-20-16)11-3-1-2-4-15(11)21-17/h1-6,9,16,20-21H,7-8H2. The Morgan fingerprint density at radius 1 is 1.00 bits per heavy atom. The number of rotatable bonds is 1. The fourth-order valence-corrected chi connectivity index (χ4v) is 3.46. The second kappa shape index (κ2) is 5.06. The van der Waals surface area contributed by atoms with E-state index in [1.54, 1.807) is 0 Å². The third kappa shape index (κ3) is 2.15. The van der Waals surface area contributed by atoms with Crippen LogP contribution in [0, 0.1) is 0 Å². The zero-order valence-corrected chi connectivity index (χ0v) is 12.8. The van der Waals surface area contributed by atoms with Crippen molar-refractivity contribution in [2.24, 2.45) is 0 Å². The molecule has 4 rings (SSSR count). The fraction of sp³-hybridized carbons (Fsp3) is 0.176. The van der Waals surface area contributed by atoms with Crippen molar-refractivity contribution in [2.45, 2.75) is 12.5 Å². The molecule has 106 valence electrons. The molecule has 0 saturated carbocycles. The molecule has 1 aliphatic rings. The molecular weight excluding hydrogens is 303 g/mol. The summed E-state index contributed by atoms with van der Waals surface area (Å²) < 4.78 is 0. The molecule has 0 aliphatic carbocycles. The Hall–Kier alpha value is -1.48. The van der Waals surface area contributed by atoms with Crippen molar-refractivity contribution in [3.05, 3.63) is 69.3 Å². The van der Waals surface area contributed by atoms with E-state index in [9.17, 15) is 0 Å². The van der Waals surface area contributed by atoms with Gasteiger partial charge in [-0.25, -0.2) is 0 Å². The van der Waals surface area contributed by atoms with Crippen molar-refractivity contribution in [2.75, 3.05) is 6.54 Å². The third-order valence-electron chi connectivity index (χ3n) is 4.14. The van der Waals surface area contributed by atoms with Crippen molar-refractivity contribution in [1.82, 2.24) is 10.3 Å². The molecule has 21 heavy (non-hydrogen) atoms. The average molecular weight is 317 g/mol. The Kier molecular flexibility index (Phi) is 3.18. The first-order valence-electron chi connectivity index (χ1n) is 7.02. The van der Waals surface area contributed by atoms with E-state index in [-0.39, 0.29) is 6.04 Å². The lowest BCUT2D eigenvalue weighted by Crippen LogP contribution is -2.30. The van der Waals surface area contributed by atoms with Crippen LogP contribution in [-0.4, -0.2) is 11.5 Å². The maximum atomic E-state index is 6.17. The predicted octanol–water partition coefficient (Wildman–Crippen LogP) is 4.71. The number of nitrogens with one attached hydrogen (secondary N) is 2. The van der Waals surface area contributed by atoms with Gasteiger partial charge in [0.25, 0.3) is 0 Å². The molecule has 0 bridgehead atoms. The highest BCUT2D eigenvalue weighted by Crippen LogP contribution is 2.35. The predicted molar refractivity (Wildman–Crippen MR) is 88.3 cm³/mol. The zero-order chi connectivity index (χ0) is 14.4. The van der Waals surface area contributed by atoms with Crippen molar-refractivity contribution in [3.63, 3.8) is 0 Å². The number of aromatic nitrogens is 1. The summed E-state index contributed by atoms with van der Waals surface area (Å²) in [6, 6.07) is 14.4. The molecule has 1 unspecified atom stereocenters. The Bertz CT molecular complexity index is 823. The first-order valence-corrected chi connectivity index (χ1v) is 7.77. The SMILES string of the molecule is Clc1ccc(C2NCCc3c2[nH]c2ccccc32)cc1Cl. The fourth-order valence-electron chi connectivity index (χ4n) is 3.16. The summed E-state index contributed by atoms with van der Waals surface area (Å²) in [4.78, 5) is 3.56. The molecule has 2 aromatic carbocycles. The van der Waals surface area contributed by atoms with Gasteiger partial charge in [-0.1, -0.05) is 47.5 Å². The molecule has 2 heterocycles. The molecule has 0 spiro atoms. The van der Waals surface area contributed by atoms with Gasteiger partial charge in [0.05, 0.1) is 16.1 Å². The summed E-state index contributed by atoms with van der Waals surface area (Å²) in [7, 11) is 0. The van der Waals surface area contributed by atoms with Gasteiger partial charge < -0.3 is 10.3 Å². The molecule has 0 amide bonds. The molecule has 1 aliphatic heterocycles. The Morgan fingerprint density at radius 2 is 1.86 bits per heavy atom. The summed E-state index contributed by atoms with van der Waals surface area (Å²) >= 11 is 12.2. The maximum absolute atomic E-state index is 6.17. The van der Waals surface area contributed by atoms with Crippen LogP contribution in [0.5, 0.6) is 0 Å². The normalized spacial score (nSPS) is 17.9. The highest BCUT2D eigenvalue weighted by atomic mass is 35.5. The van der Waals surface area contributed by atoms with Crippen molar-refractivity contribution in [3.8, 4) is 0 Å². The van der Waals surface area contributed by atoms with Crippen LogP contribution >= 0.6 is 23.2 Å². The summed E-state index contributed by atoms with van der Waals surface area (Å²) in [6.07, 6.45) is 1.04. The van der Waals surface area contributed by atoms with Crippen LogP contribution in [0.2, 0.25) is 10.0 Å². The minimum atomic E-state index is 0.135. The van der Waals surface area contributed by atoms with Gasteiger partial charge in [-0.3, -0.25) is 0 Å². The highest BCUT2D eigenvalue weighted by Gasteiger charge is 2.25. The molecule has 1 aromatic heterocycles. The smallest absolute Gasteiger partial charge is 0.0732 e. The van der Waals surface area contributed by atoms with Crippen molar-refractivity contribution < 1.29 is 0 Å². The molecule has 2 N–H and O–H groups in total. The Balaban J connectivity index is 1.88. The number of benzene rings is 2. The lowest BCUT2D eigenvalue weighted by molar-refractivity contribution is 0.560. The largest absolute Gasteiger partial charge is 0.357 e. The minimum absolute atomic E-state index is 0.135. The minimum Gasteiger partial charge on any atom is -0.357 e. The molecular formula is C17H14Cl2N2. The van der Waals surface area contributed by atoms with Crippen LogP contribution in [-0.2, 0) is 6.42 Å². The van der Waals surface area contributed by atoms with Gasteiger partial charge >= 0.3 is 0 Å². The van der Waals surface area contributed by atoms with E-state index in [4.69, 9.17) is 23.2 Å². The number of para-hydroxylation sites is 1. The van der Waals surface area contributed by atoms with E-state index in [1.165, 1.54) is 22.2 Å². The molecule has 3 aromatic rings. The monoisotopic (exact) mass is 316 g/mol.